The molecule has 0 radical (unpaired) electrons. The molecular formula is C21H26N6O3. The molecule has 3 N–H and O–H groups in total. The highest BCUT2D eigenvalue weighted by Gasteiger charge is 2.29. The maximum absolute atomic E-state index is 12.3. The summed E-state index contributed by atoms with van der Waals surface area (Å²) in [6, 6.07) is 8.91. The van der Waals surface area contributed by atoms with Crippen molar-refractivity contribution >= 4 is 22.9 Å². The van der Waals surface area contributed by atoms with Gasteiger partial charge in [0.25, 0.3) is 0 Å². The number of nitrogens with zero attached hydrogens (tertiary/aromatic N) is 5. The van der Waals surface area contributed by atoms with Crippen LogP contribution in [0.15, 0.2) is 30.3 Å². The van der Waals surface area contributed by atoms with Crippen LogP contribution < -0.4 is 5.73 Å². The molecule has 1 aliphatic rings. The SMILES string of the molecule is CC(C)(C)OC(=O)N1CCC(n2nc(N)c3nnc(-c4ccccc4O)cc32)CC1. The zero-order valence-corrected chi connectivity index (χ0v) is 17.4. The van der Waals surface area contributed by atoms with Gasteiger partial charge in [0.1, 0.15) is 11.4 Å². The van der Waals surface area contributed by atoms with E-state index in [1.807, 2.05) is 37.6 Å². The molecule has 0 atom stereocenters. The molecule has 1 aromatic carbocycles. The van der Waals surface area contributed by atoms with E-state index in [0.717, 1.165) is 18.4 Å². The summed E-state index contributed by atoms with van der Waals surface area (Å²) in [7, 11) is 0. The van der Waals surface area contributed by atoms with E-state index in [1.165, 1.54) is 0 Å². The van der Waals surface area contributed by atoms with Crippen LogP contribution in [0, 0.1) is 0 Å². The fourth-order valence-electron chi connectivity index (χ4n) is 3.68. The average molecular weight is 410 g/mol. The second-order valence-corrected chi connectivity index (χ2v) is 8.51. The third-order valence-electron chi connectivity index (χ3n) is 5.12. The molecule has 1 amide bonds. The Morgan fingerprint density at radius 2 is 1.90 bits per heavy atom. The zero-order chi connectivity index (χ0) is 21.5. The summed E-state index contributed by atoms with van der Waals surface area (Å²) in [5.74, 6) is 0.451. The lowest BCUT2D eigenvalue weighted by Gasteiger charge is -2.33. The van der Waals surface area contributed by atoms with Gasteiger partial charge in [0.2, 0.25) is 0 Å². The molecule has 0 aliphatic carbocycles. The van der Waals surface area contributed by atoms with Crippen molar-refractivity contribution in [2.24, 2.45) is 0 Å². The number of carbonyl (C=O) groups is 1. The predicted octanol–water partition coefficient (Wildman–Crippen LogP) is 3.35. The zero-order valence-electron chi connectivity index (χ0n) is 17.4. The predicted molar refractivity (Wildman–Crippen MR) is 113 cm³/mol. The van der Waals surface area contributed by atoms with Gasteiger partial charge in [-0.3, -0.25) is 4.68 Å². The summed E-state index contributed by atoms with van der Waals surface area (Å²) < 4.78 is 7.34. The number of amides is 1. The first-order valence-electron chi connectivity index (χ1n) is 10.0. The number of hydrogen-bond acceptors (Lipinski definition) is 7. The van der Waals surface area contributed by atoms with Crippen molar-refractivity contribution in [3.8, 4) is 17.0 Å². The van der Waals surface area contributed by atoms with E-state index in [0.29, 0.717) is 35.7 Å². The monoisotopic (exact) mass is 410 g/mol. The van der Waals surface area contributed by atoms with Crippen LogP contribution in [0.4, 0.5) is 10.6 Å². The van der Waals surface area contributed by atoms with Gasteiger partial charge in [0.05, 0.1) is 17.3 Å². The Balaban J connectivity index is 1.59. The maximum Gasteiger partial charge on any atom is 0.410 e. The summed E-state index contributed by atoms with van der Waals surface area (Å²) in [4.78, 5) is 14.1. The lowest BCUT2D eigenvalue weighted by atomic mass is 10.1. The Labute approximate surface area is 174 Å². The fraction of sp³-hybridized carbons (Fsp3) is 0.429. The number of phenols is 1. The number of aromatic nitrogens is 4. The first-order chi connectivity index (χ1) is 14.2. The van der Waals surface area contributed by atoms with E-state index in [4.69, 9.17) is 10.5 Å². The highest BCUT2D eigenvalue weighted by atomic mass is 16.6. The molecule has 0 saturated carbocycles. The third-order valence-corrected chi connectivity index (χ3v) is 5.12. The number of nitrogen functional groups attached to an aromatic ring is 1. The summed E-state index contributed by atoms with van der Waals surface area (Å²) >= 11 is 0. The number of para-hydroxylation sites is 1. The van der Waals surface area contributed by atoms with E-state index in [9.17, 15) is 9.90 Å². The number of aromatic hydroxyl groups is 1. The lowest BCUT2D eigenvalue weighted by molar-refractivity contribution is 0.0186. The van der Waals surface area contributed by atoms with Crippen molar-refractivity contribution in [1.29, 1.82) is 0 Å². The van der Waals surface area contributed by atoms with Gasteiger partial charge < -0.3 is 20.5 Å². The maximum atomic E-state index is 12.3. The van der Waals surface area contributed by atoms with Gasteiger partial charge in [-0.25, -0.2) is 4.79 Å². The van der Waals surface area contributed by atoms with Crippen LogP contribution in [-0.2, 0) is 4.74 Å². The standard InChI is InChI=1S/C21H26N6O3/c1-21(2,3)30-20(29)26-10-8-13(9-11-26)27-16-12-15(14-6-4-5-7-17(14)28)23-24-18(16)19(22)25-27/h4-7,12-13,28H,8-11H2,1-3H3,(H2,22,25). The molecule has 1 fully saturated rings. The van der Waals surface area contributed by atoms with Gasteiger partial charge in [0.15, 0.2) is 11.3 Å². The number of fused-ring (bicyclic) bond motifs is 1. The minimum atomic E-state index is -0.515. The Morgan fingerprint density at radius 1 is 1.20 bits per heavy atom. The summed E-state index contributed by atoms with van der Waals surface area (Å²) in [5, 5.41) is 23.1. The molecule has 158 valence electrons. The highest BCUT2D eigenvalue weighted by molar-refractivity contribution is 5.87. The number of hydrogen-bond donors (Lipinski definition) is 2. The second-order valence-electron chi connectivity index (χ2n) is 8.51. The molecule has 0 spiro atoms. The van der Waals surface area contributed by atoms with E-state index in [-0.39, 0.29) is 17.9 Å². The van der Waals surface area contributed by atoms with Gasteiger partial charge in [-0.1, -0.05) is 12.1 Å². The van der Waals surface area contributed by atoms with Crippen LogP contribution in [0.25, 0.3) is 22.3 Å². The number of piperidine rings is 1. The third kappa shape index (κ3) is 3.87. The van der Waals surface area contributed by atoms with Crippen molar-refractivity contribution in [3.05, 3.63) is 30.3 Å². The number of anilines is 1. The average Bonchev–Trinajstić information content (AvgIpc) is 3.03. The second kappa shape index (κ2) is 7.47. The smallest absolute Gasteiger partial charge is 0.410 e. The number of ether oxygens (including phenoxy) is 1. The number of carbonyl (C=O) groups excluding carboxylic acids is 1. The Kier molecular flexibility index (Phi) is 4.97. The Bertz CT molecular complexity index is 1080. The molecule has 1 saturated heterocycles. The molecule has 3 heterocycles. The minimum absolute atomic E-state index is 0.0740. The van der Waals surface area contributed by atoms with Crippen molar-refractivity contribution in [1.82, 2.24) is 24.9 Å². The molecule has 4 rings (SSSR count). The Hall–Kier alpha value is -3.36. The fourth-order valence-corrected chi connectivity index (χ4v) is 3.68. The molecule has 0 bridgehead atoms. The molecule has 3 aromatic rings. The largest absolute Gasteiger partial charge is 0.507 e. The molecule has 9 nitrogen and oxygen atoms in total. The minimum Gasteiger partial charge on any atom is -0.507 e. The van der Waals surface area contributed by atoms with Crippen LogP contribution in [-0.4, -0.2) is 54.8 Å². The number of rotatable bonds is 2. The van der Waals surface area contributed by atoms with Gasteiger partial charge in [-0.05, 0) is 51.8 Å². The van der Waals surface area contributed by atoms with Gasteiger partial charge in [-0.15, -0.1) is 10.2 Å². The first kappa shape index (κ1) is 19.9. The summed E-state index contributed by atoms with van der Waals surface area (Å²) in [5.41, 5.74) is 8.00. The van der Waals surface area contributed by atoms with E-state index >= 15 is 0 Å². The Morgan fingerprint density at radius 3 is 2.57 bits per heavy atom. The molecular weight excluding hydrogens is 384 g/mol. The van der Waals surface area contributed by atoms with E-state index in [1.54, 1.807) is 23.1 Å². The van der Waals surface area contributed by atoms with Crippen LogP contribution in [0.1, 0.15) is 39.7 Å². The van der Waals surface area contributed by atoms with Crippen LogP contribution in [0.2, 0.25) is 0 Å². The van der Waals surface area contributed by atoms with Gasteiger partial charge >= 0.3 is 6.09 Å². The molecule has 9 heteroatoms. The van der Waals surface area contributed by atoms with Crippen molar-refractivity contribution < 1.29 is 14.6 Å². The van der Waals surface area contributed by atoms with E-state index in [2.05, 4.69) is 15.3 Å². The van der Waals surface area contributed by atoms with Crippen LogP contribution in [0.3, 0.4) is 0 Å². The first-order valence-corrected chi connectivity index (χ1v) is 10.0. The van der Waals surface area contributed by atoms with Crippen LogP contribution in [0.5, 0.6) is 5.75 Å². The van der Waals surface area contributed by atoms with Crippen molar-refractivity contribution in [3.63, 3.8) is 0 Å². The topological polar surface area (TPSA) is 119 Å². The van der Waals surface area contributed by atoms with Crippen molar-refractivity contribution in [2.75, 3.05) is 18.8 Å². The number of phenolic OH excluding ortho intramolecular Hbond substituents is 1. The van der Waals surface area contributed by atoms with Crippen LogP contribution >= 0.6 is 0 Å². The molecule has 30 heavy (non-hydrogen) atoms. The lowest BCUT2D eigenvalue weighted by Crippen LogP contribution is -2.42. The van der Waals surface area contributed by atoms with Gasteiger partial charge in [-0.2, -0.15) is 5.10 Å². The van der Waals surface area contributed by atoms with Crippen molar-refractivity contribution in [2.45, 2.75) is 45.3 Å². The summed E-state index contributed by atoms with van der Waals surface area (Å²) in [6.07, 6.45) is 1.16. The molecule has 1 aliphatic heterocycles. The number of benzene rings is 1. The number of likely N-dealkylation sites (tertiary alicyclic amines) is 1. The number of nitrogens with two attached hydrogens (primary N) is 1. The normalized spacial score (nSPS) is 15.5. The highest BCUT2D eigenvalue weighted by Crippen LogP contribution is 2.32. The molecule has 2 aromatic heterocycles. The van der Waals surface area contributed by atoms with Gasteiger partial charge in [0, 0.05) is 18.7 Å². The molecule has 0 unspecified atom stereocenters. The van der Waals surface area contributed by atoms with E-state index < -0.39 is 5.60 Å². The summed E-state index contributed by atoms with van der Waals surface area (Å²) in [6.45, 7) is 6.73. The quantitative estimate of drug-likeness (QED) is 0.665.